The van der Waals surface area contributed by atoms with Crippen molar-refractivity contribution in [2.24, 2.45) is 16.3 Å². The Kier molecular flexibility index (Phi) is 10.4. The van der Waals surface area contributed by atoms with Crippen molar-refractivity contribution in [3.8, 4) is 0 Å². The van der Waals surface area contributed by atoms with Crippen LogP contribution in [0.3, 0.4) is 0 Å². The van der Waals surface area contributed by atoms with E-state index >= 15 is 0 Å². The molecule has 0 amide bonds. The zero-order valence-corrected chi connectivity index (χ0v) is 16.5. The van der Waals surface area contributed by atoms with Gasteiger partial charge in [0.15, 0.2) is 5.96 Å². The molecule has 1 saturated heterocycles. The lowest BCUT2D eigenvalue weighted by Crippen LogP contribution is -2.38. The van der Waals surface area contributed by atoms with Crippen molar-refractivity contribution < 1.29 is 14.6 Å². The number of nitrogens with zero attached hydrogens (tertiary/aromatic N) is 1. The molecule has 0 bridgehead atoms. The first-order chi connectivity index (χ1) is 10.8. The molecule has 0 aromatic rings. The summed E-state index contributed by atoms with van der Waals surface area (Å²) in [5.74, 6) is 1.42. The first kappa shape index (κ1) is 20.9. The van der Waals surface area contributed by atoms with Gasteiger partial charge in [-0.1, -0.05) is 0 Å². The Morgan fingerprint density at radius 1 is 1.39 bits per heavy atom. The van der Waals surface area contributed by atoms with Gasteiger partial charge in [-0.2, -0.15) is 0 Å². The summed E-state index contributed by atoms with van der Waals surface area (Å²) in [5.41, 5.74) is 0.0643. The Balaban J connectivity index is 0.00000264. The number of hydrogen-bond donors (Lipinski definition) is 3. The van der Waals surface area contributed by atoms with Crippen LogP contribution in [0, 0.1) is 11.3 Å². The van der Waals surface area contributed by atoms with Gasteiger partial charge in [0.2, 0.25) is 0 Å². The summed E-state index contributed by atoms with van der Waals surface area (Å²) in [7, 11) is 0. The van der Waals surface area contributed by atoms with Crippen LogP contribution >= 0.6 is 24.0 Å². The number of aliphatic imine (C=N–C) groups is 1. The molecule has 3 N–H and O–H groups in total. The molecule has 0 spiro atoms. The highest BCUT2D eigenvalue weighted by Gasteiger charge is 2.41. The van der Waals surface area contributed by atoms with E-state index in [4.69, 9.17) is 9.47 Å². The fourth-order valence-corrected chi connectivity index (χ4v) is 2.48. The summed E-state index contributed by atoms with van der Waals surface area (Å²) in [6, 6.07) is 0. The average molecular weight is 441 g/mol. The quantitative estimate of drug-likeness (QED) is 0.207. The largest absolute Gasteiger partial charge is 0.396 e. The van der Waals surface area contributed by atoms with Crippen molar-refractivity contribution in [2.45, 2.75) is 32.6 Å². The first-order valence-corrected chi connectivity index (χ1v) is 8.56. The first-order valence-electron chi connectivity index (χ1n) is 8.56. The molecule has 0 radical (unpaired) electrons. The van der Waals surface area contributed by atoms with Crippen LogP contribution in [-0.4, -0.2) is 63.7 Å². The number of aliphatic hydroxyl groups is 1. The monoisotopic (exact) mass is 441 g/mol. The number of hydrogen-bond acceptors (Lipinski definition) is 4. The van der Waals surface area contributed by atoms with E-state index in [-0.39, 0.29) is 36.0 Å². The second-order valence-corrected chi connectivity index (χ2v) is 6.44. The molecule has 1 saturated carbocycles. The van der Waals surface area contributed by atoms with Gasteiger partial charge in [0.1, 0.15) is 0 Å². The third kappa shape index (κ3) is 8.00. The highest BCUT2D eigenvalue weighted by Crippen LogP contribution is 2.45. The van der Waals surface area contributed by atoms with Crippen LogP contribution in [0.5, 0.6) is 0 Å². The van der Waals surface area contributed by atoms with Crippen LogP contribution in [0.25, 0.3) is 0 Å². The number of nitrogens with one attached hydrogen (secondary N) is 2. The highest BCUT2D eigenvalue weighted by atomic mass is 127. The summed E-state index contributed by atoms with van der Waals surface area (Å²) in [4.78, 5) is 4.58. The van der Waals surface area contributed by atoms with Crippen molar-refractivity contribution in [2.75, 3.05) is 52.7 Å². The molecule has 7 heteroatoms. The number of ether oxygens (including phenoxy) is 2. The Bertz CT molecular complexity index is 345. The normalized spacial score (nSPS) is 22.5. The smallest absolute Gasteiger partial charge is 0.191 e. The fourth-order valence-electron chi connectivity index (χ4n) is 2.48. The molecule has 0 aromatic heterocycles. The van der Waals surface area contributed by atoms with Crippen molar-refractivity contribution in [3.05, 3.63) is 0 Å². The van der Waals surface area contributed by atoms with E-state index < -0.39 is 0 Å². The lowest BCUT2D eigenvalue weighted by Gasteiger charge is -2.14. The van der Waals surface area contributed by atoms with Gasteiger partial charge < -0.3 is 25.2 Å². The second-order valence-electron chi connectivity index (χ2n) is 6.44. The molecule has 1 atom stereocenters. The molecular formula is C16H32IN3O3. The lowest BCUT2D eigenvalue weighted by atomic mass is 10.1. The predicted octanol–water partition coefficient (Wildman–Crippen LogP) is 1.38. The Morgan fingerprint density at radius 3 is 2.83 bits per heavy atom. The van der Waals surface area contributed by atoms with E-state index in [2.05, 4.69) is 22.5 Å². The minimum Gasteiger partial charge on any atom is -0.396 e. The van der Waals surface area contributed by atoms with Gasteiger partial charge in [-0.25, -0.2) is 0 Å². The molecular weight excluding hydrogens is 409 g/mol. The second kappa shape index (κ2) is 11.4. The van der Waals surface area contributed by atoms with Gasteiger partial charge in [-0.05, 0) is 32.6 Å². The maximum absolute atomic E-state index is 9.33. The highest BCUT2D eigenvalue weighted by molar-refractivity contribution is 14.0. The van der Waals surface area contributed by atoms with E-state index in [1.807, 2.05) is 0 Å². The van der Waals surface area contributed by atoms with E-state index in [1.54, 1.807) is 0 Å². The van der Waals surface area contributed by atoms with Crippen molar-refractivity contribution >= 4 is 29.9 Å². The molecule has 2 fully saturated rings. The van der Waals surface area contributed by atoms with Gasteiger partial charge in [0.05, 0.1) is 26.4 Å². The number of aliphatic hydroxyl groups excluding tert-OH is 1. The summed E-state index contributed by atoms with van der Waals surface area (Å²) in [6.07, 6.45) is 4.27. The molecule has 6 nitrogen and oxygen atoms in total. The minimum absolute atomic E-state index is 0. The molecule has 1 unspecified atom stereocenters. The lowest BCUT2D eigenvalue weighted by molar-refractivity contribution is 0.0888. The van der Waals surface area contributed by atoms with Gasteiger partial charge in [0, 0.05) is 37.6 Å². The minimum atomic E-state index is 0. The predicted molar refractivity (Wildman–Crippen MR) is 103 cm³/mol. The van der Waals surface area contributed by atoms with Crippen molar-refractivity contribution in [1.29, 1.82) is 0 Å². The van der Waals surface area contributed by atoms with E-state index in [1.165, 1.54) is 0 Å². The maximum atomic E-state index is 9.33. The van der Waals surface area contributed by atoms with Crippen LogP contribution in [0.2, 0.25) is 0 Å². The Labute approximate surface area is 156 Å². The van der Waals surface area contributed by atoms with Crippen LogP contribution in [0.1, 0.15) is 32.6 Å². The molecule has 23 heavy (non-hydrogen) atoms. The van der Waals surface area contributed by atoms with Gasteiger partial charge in [-0.3, -0.25) is 4.99 Å². The van der Waals surface area contributed by atoms with Crippen LogP contribution < -0.4 is 10.6 Å². The third-order valence-corrected chi connectivity index (χ3v) is 4.34. The molecule has 1 heterocycles. The van der Waals surface area contributed by atoms with Crippen LogP contribution in [0.4, 0.5) is 0 Å². The van der Waals surface area contributed by atoms with E-state index in [9.17, 15) is 5.11 Å². The number of rotatable bonds is 10. The summed E-state index contributed by atoms with van der Waals surface area (Å²) < 4.78 is 11.0. The molecule has 0 aromatic carbocycles. The van der Waals surface area contributed by atoms with E-state index in [0.29, 0.717) is 12.5 Å². The summed E-state index contributed by atoms with van der Waals surface area (Å²) in [5, 5.41) is 15.9. The van der Waals surface area contributed by atoms with Crippen LogP contribution in [-0.2, 0) is 9.47 Å². The summed E-state index contributed by atoms with van der Waals surface area (Å²) >= 11 is 0. The standard InChI is InChI=1S/C16H31N3O3.HI/c1-2-17-15(19-12-16(13-20)5-6-16)18-7-3-8-21-10-14-4-9-22-11-14;/h14,20H,2-13H2,1H3,(H2,17,18,19);1H. The third-order valence-electron chi connectivity index (χ3n) is 4.34. The van der Waals surface area contributed by atoms with Gasteiger partial charge in [0.25, 0.3) is 0 Å². The van der Waals surface area contributed by atoms with Crippen LogP contribution in [0.15, 0.2) is 4.99 Å². The molecule has 2 aliphatic rings. The topological polar surface area (TPSA) is 75.1 Å². The number of halogens is 1. The molecule has 1 aliphatic heterocycles. The zero-order chi connectivity index (χ0) is 15.7. The van der Waals surface area contributed by atoms with Crippen molar-refractivity contribution in [3.63, 3.8) is 0 Å². The number of guanidine groups is 1. The zero-order valence-electron chi connectivity index (χ0n) is 14.2. The average Bonchev–Trinajstić information content (AvgIpc) is 3.13. The molecule has 2 rings (SSSR count). The maximum Gasteiger partial charge on any atom is 0.191 e. The van der Waals surface area contributed by atoms with E-state index in [0.717, 1.165) is 71.2 Å². The fraction of sp³-hybridized carbons (Fsp3) is 0.938. The Hall–Kier alpha value is -0.120. The van der Waals surface area contributed by atoms with Gasteiger partial charge >= 0.3 is 0 Å². The molecule has 1 aliphatic carbocycles. The molecule has 136 valence electrons. The van der Waals surface area contributed by atoms with Crippen molar-refractivity contribution in [1.82, 2.24) is 10.6 Å². The Morgan fingerprint density at radius 2 is 2.22 bits per heavy atom. The van der Waals surface area contributed by atoms with Gasteiger partial charge in [-0.15, -0.1) is 24.0 Å². The SMILES string of the molecule is CCNC(=NCC1(CO)CC1)NCCCOCC1CCOC1.I. The summed E-state index contributed by atoms with van der Waals surface area (Å²) in [6.45, 7) is 8.01.